The Morgan fingerprint density at radius 1 is 1.00 bits per heavy atom. The zero-order chi connectivity index (χ0) is 17.2. The van der Waals surface area contributed by atoms with E-state index in [1.165, 1.54) is 12.1 Å². The minimum atomic E-state index is -3.78. The van der Waals surface area contributed by atoms with Gasteiger partial charge in [-0.05, 0) is 35.0 Å². The van der Waals surface area contributed by atoms with Crippen LogP contribution in [0.3, 0.4) is 0 Å². The fourth-order valence-corrected chi connectivity index (χ4v) is 3.38. The Morgan fingerprint density at radius 2 is 1.75 bits per heavy atom. The van der Waals surface area contributed by atoms with Crippen molar-refractivity contribution in [3.8, 4) is 0 Å². The van der Waals surface area contributed by atoms with Crippen LogP contribution in [-0.4, -0.2) is 19.3 Å². The second-order valence-electron chi connectivity index (χ2n) is 5.27. The van der Waals surface area contributed by atoms with Gasteiger partial charge < -0.3 is 5.73 Å². The van der Waals surface area contributed by atoms with Crippen LogP contribution in [-0.2, 0) is 21.2 Å². The fourth-order valence-electron chi connectivity index (χ4n) is 2.34. The van der Waals surface area contributed by atoms with Crippen LogP contribution < -0.4 is 10.5 Å². The van der Waals surface area contributed by atoms with Gasteiger partial charge in [-0.3, -0.25) is 9.52 Å². The maximum Gasteiger partial charge on any atom is 0.263 e. The van der Waals surface area contributed by atoms with E-state index in [2.05, 4.69) is 9.71 Å². The molecule has 0 atom stereocenters. The lowest BCUT2D eigenvalue weighted by Gasteiger charge is -2.09. The van der Waals surface area contributed by atoms with Crippen molar-refractivity contribution in [2.45, 2.75) is 11.3 Å². The fraction of sp³-hybridized carbons (Fsp3) is 0.0588. The molecule has 0 saturated heterocycles. The number of rotatable bonds is 5. The molecule has 0 aliphatic heterocycles. The largest absolute Gasteiger partial charge is 0.369 e. The third-order valence-corrected chi connectivity index (χ3v) is 4.78. The van der Waals surface area contributed by atoms with Crippen LogP contribution in [0.15, 0.2) is 65.6 Å². The van der Waals surface area contributed by atoms with Crippen molar-refractivity contribution in [3.05, 3.63) is 66.4 Å². The molecule has 122 valence electrons. The minimum absolute atomic E-state index is 0.0501. The molecule has 3 N–H and O–H groups in total. The van der Waals surface area contributed by atoms with Crippen molar-refractivity contribution in [1.82, 2.24) is 4.98 Å². The molecule has 0 saturated carbocycles. The smallest absolute Gasteiger partial charge is 0.263 e. The van der Waals surface area contributed by atoms with E-state index in [0.717, 1.165) is 10.8 Å². The van der Waals surface area contributed by atoms with E-state index < -0.39 is 15.9 Å². The lowest BCUT2D eigenvalue weighted by atomic mass is 10.1. The van der Waals surface area contributed by atoms with Crippen molar-refractivity contribution in [2.24, 2.45) is 5.73 Å². The second-order valence-corrected chi connectivity index (χ2v) is 6.95. The molecule has 2 aromatic carbocycles. The number of hydrogen-bond donors (Lipinski definition) is 2. The number of nitrogens with two attached hydrogens (primary N) is 1. The summed E-state index contributed by atoms with van der Waals surface area (Å²) in [7, 11) is -3.78. The molecule has 0 radical (unpaired) electrons. The molecular weight excluding hydrogens is 326 g/mol. The number of aromatic nitrogens is 1. The molecule has 0 spiro atoms. The number of fused-ring (bicyclic) bond motifs is 1. The molecule has 1 amide bonds. The zero-order valence-corrected chi connectivity index (χ0v) is 13.5. The van der Waals surface area contributed by atoms with E-state index in [1.807, 2.05) is 24.3 Å². The van der Waals surface area contributed by atoms with Crippen molar-refractivity contribution < 1.29 is 13.2 Å². The van der Waals surface area contributed by atoms with E-state index in [9.17, 15) is 13.2 Å². The van der Waals surface area contributed by atoms with Gasteiger partial charge in [-0.15, -0.1) is 0 Å². The summed E-state index contributed by atoms with van der Waals surface area (Å²) in [6, 6.07) is 17.1. The minimum Gasteiger partial charge on any atom is -0.369 e. The number of nitrogens with zero attached hydrogens (tertiary/aromatic N) is 1. The number of sulfonamides is 1. The van der Waals surface area contributed by atoms with Gasteiger partial charge in [0.1, 0.15) is 5.82 Å². The first-order chi connectivity index (χ1) is 11.4. The summed E-state index contributed by atoms with van der Waals surface area (Å²) >= 11 is 0. The second kappa shape index (κ2) is 6.29. The molecule has 1 aromatic heterocycles. The predicted octanol–water partition coefficient (Wildman–Crippen LogP) is 2.06. The molecule has 7 heteroatoms. The van der Waals surface area contributed by atoms with Gasteiger partial charge in [0.25, 0.3) is 10.0 Å². The van der Waals surface area contributed by atoms with Crippen LogP contribution in [0.5, 0.6) is 0 Å². The SMILES string of the molecule is NC(=O)Cc1cccc(NS(=O)(=O)c2ccc3ccccc3c2)n1. The molecule has 0 aliphatic carbocycles. The van der Waals surface area contributed by atoms with Gasteiger partial charge in [-0.1, -0.05) is 36.4 Å². The number of benzene rings is 2. The van der Waals surface area contributed by atoms with Gasteiger partial charge in [-0.2, -0.15) is 0 Å². The number of primary amides is 1. The molecule has 1 heterocycles. The number of amides is 1. The predicted molar refractivity (Wildman–Crippen MR) is 91.9 cm³/mol. The quantitative estimate of drug-likeness (QED) is 0.741. The average molecular weight is 341 g/mol. The molecule has 3 aromatic rings. The number of hydrogen-bond acceptors (Lipinski definition) is 4. The highest BCUT2D eigenvalue weighted by Gasteiger charge is 2.15. The van der Waals surface area contributed by atoms with Gasteiger partial charge in [-0.25, -0.2) is 13.4 Å². The van der Waals surface area contributed by atoms with Crippen LogP contribution in [0, 0.1) is 0 Å². The molecule has 0 aliphatic rings. The van der Waals surface area contributed by atoms with Crippen molar-refractivity contribution >= 4 is 32.5 Å². The van der Waals surface area contributed by atoms with E-state index >= 15 is 0 Å². The number of carbonyl (C=O) groups is 1. The van der Waals surface area contributed by atoms with Gasteiger partial charge in [0.2, 0.25) is 5.91 Å². The van der Waals surface area contributed by atoms with Crippen molar-refractivity contribution in [2.75, 3.05) is 4.72 Å². The van der Waals surface area contributed by atoms with Gasteiger partial charge in [0.05, 0.1) is 17.0 Å². The topological polar surface area (TPSA) is 102 Å². The number of carbonyl (C=O) groups excluding carboxylic acids is 1. The summed E-state index contributed by atoms with van der Waals surface area (Å²) in [5.74, 6) is -0.390. The van der Waals surface area contributed by atoms with Crippen molar-refractivity contribution in [1.29, 1.82) is 0 Å². The van der Waals surface area contributed by atoms with Gasteiger partial charge in [0.15, 0.2) is 0 Å². The monoisotopic (exact) mass is 341 g/mol. The van der Waals surface area contributed by atoms with Crippen molar-refractivity contribution in [3.63, 3.8) is 0 Å². The normalized spacial score (nSPS) is 11.3. The number of pyridine rings is 1. The molecule has 24 heavy (non-hydrogen) atoms. The summed E-state index contributed by atoms with van der Waals surface area (Å²) in [4.78, 5) is 15.2. The molecule has 3 rings (SSSR count). The Hall–Kier alpha value is -2.93. The first-order valence-electron chi connectivity index (χ1n) is 7.20. The number of nitrogens with one attached hydrogen (secondary N) is 1. The highest BCUT2D eigenvalue weighted by atomic mass is 32.2. The van der Waals surface area contributed by atoms with E-state index in [0.29, 0.717) is 5.69 Å². The van der Waals surface area contributed by atoms with Gasteiger partial charge >= 0.3 is 0 Å². The zero-order valence-electron chi connectivity index (χ0n) is 12.6. The van der Waals surface area contributed by atoms with Crippen LogP contribution in [0.4, 0.5) is 5.82 Å². The van der Waals surface area contributed by atoms with E-state index in [4.69, 9.17) is 5.73 Å². The maximum absolute atomic E-state index is 12.5. The molecule has 0 fully saturated rings. The average Bonchev–Trinajstić information content (AvgIpc) is 2.53. The molecule has 0 bridgehead atoms. The lowest BCUT2D eigenvalue weighted by Crippen LogP contribution is -2.17. The highest BCUT2D eigenvalue weighted by molar-refractivity contribution is 7.92. The van der Waals surface area contributed by atoms with E-state index in [-0.39, 0.29) is 17.1 Å². The summed E-state index contributed by atoms with van der Waals surface area (Å²) < 4.78 is 27.5. The lowest BCUT2D eigenvalue weighted by molar-refractivity contribution is -0.117. The Balaban J connectivity index is 1.91. The summed E-state index contributed by atoms with van der Waals surface area (Å²) in [6.45, 7) is 0. The Bertz CT molecular complexity index is 1020. The Labute approximate surface area is 139 Å². The Kier molecular flexibility index (Phi) is 4.18. The maximum atomic E-state index is 12.5. The highest BCUT2D eigenvalue weighted by Crippen LogP contribution is 2.21. The standard InChI is InChI=1S/C17H15N3O3S/c18-16(21)11-14-6-3-7-17(19-14)20-24(22,23)15-9-8-12-4-1-2-5-13(12)10-15/h1-10H,11H2,(H2,18,21)(H,19,20). The molecule has 0 unspecified atom stereocenters. The van der Waals surface area contributed by atoms with Gasteiger partial charge in [0, 0.05) is 0 Å². The van der Waals surface area contributed by atoms with Crippen LogP contribution >= 0.6 is 0 Å². The third kappa shape index (κ3) is 3.52. The summed E-state index contributed by atoms with van der Waals surface area (Å²) in [5.41, 5.74) is 5.53. The van der Waals surface area contributed by atoms with Crippen LogP contribution in [0.25, 0.3) is 10.8 Å². The van der Waals surface area contributed by atoms with Crippen LogP contribution in [0.1, 0.15) is 5.69 Å². The number of anilines is 1. The van der Waals surface area contributed by atoms with E-state index in [1.54, 1.807) is 24.3 Å². The first kappa shape index (κ1) is 15.9. The van der Waals surface area contributed by atoms with Crippen LogP contribution in [0.2, 0.25) is 0 Å². The first-order valence-corrected chi connectivity index (χ1v) is 8.68. The molecular formula is C17H15N3O3S. The summed E-state index contributed by atoms with van der Waals surface area (Å²) in [5, 5.41) is 1.79. The Morgan fingerprint density at radius 3 is 2.50 bits per heavy atom. The molecule has 6 nitrogen and oxygen atoms in total. The summed E-state index contributed by atoms with van der Waals surface area (Å²) in [6.07, 6.45) is -0.0501. The third-order valence-electron chi connectivity index (χ3n) is 3.43.